The third-order valence-electron chi connectivity index (χ3n) is 5.00. The van der Waals surface area contributed by atoms with E-state index in [0.29, 0.717) is 25.9 Å². The summed E-state index contributed by atoms with van der Waals surface area (Å²) in [7, 11) is 1.79. The summed E-state index contributed by atoms with van der Waals surface area (Å²) in [6.07, 6.45) is 4.34. The average molecular weight is 449 g/mol. The monoisotopic (exact) mass is 448 g/mol. The second-order valence-corrected chi connectivity index (χ2v) is 8.29. The smallest absolute Gasteiger partial charge is 0.286 e. The largest absolute Gasteiger partial charge is 0.459 e. The van der Waals surface area contributed by atoms with E-state index in [1.165, 1.54) is 6.26 Å². The first-order chi connectivity index (χ1) is 15.6. The van der Waals surface area contributed by atoms with Crippen LogP contribution in [0.2, 0.25) is 0 Å². The van der Waals surface area contributed by atoms with Gasteiger partial charge < -0.3 is 14.6 Å². The first-order valence-corrected chi connectivity index (χ1v) is 11.2. The molecule has 4 rings (SSSR count). The van der Waals surface area contributed by atoms with Crippen molar-refractivity contribution in [1.82, 2.24) is 20.0 Å². The molecule has 0 unspecified atom stereocenters. The molecule has 2 amide bonds. The highest BCUT2D eigenvalue weighted by Crippen LogP contribution is 2.28. The Hall–Kier alpha value is -3.65. The van der Waals surface area contributed by atoms with Gasteiger partial charge in [-0.25, -0.2) is 4.68 Å². The lowest BCUT2D eigenvalue weighted by atomic mass is 10.2. The number of amides is 2. The molecule has 0 saturated carbocycles. The van der Waals surface area contributed by atoms with Gasteiger partial charge in [-0.2, -0.15) is 5.10 Å². The van der Waals surface area contributed by atoms with E-state index in [9.17, 15) is 9.59 Å². The van der Waals surface area contributed by atoms with Crippen molar-refractivity contribution in [2.75, 3.05) is 13.6 Å². The molecule has 0 spiro atoms. The number of nitrogens with one attached hydrogen (secondary N) is 1. The van der Waals surface area contributed by atoms with Gasteiger partial charge in [-0.1, -0.05) is 24.3 Å². The van der Waals surface area contributed by atoms with Crippen LogP contribution in [0.25, 0.3) is 16.3 Å². The summed E-state index contributed by atoms with van der Waals surface area (Å²) >= 11 is 1.63. The summed E-state index contributed by atoms with van der Waals surface area (Å²) in [5, 5.41) is 9.57. The standard InChI is InChI=1S/C24H24N4O3S/c1-27(22(29)12-5-13-25-24(30)20-10-6-14-31-20)16-18-17-28(19-8-3-2-4-9-19)26-23(18)21-11-7-15-32-21/h2-4,6-11,14-15,17H,5,12-13,16H2,1H3,(H,25,30). The molecule has 0 radical (unpaired) electrons. The minimum absolute atomic E-state index is 0.0156. The lowest BCUT2D eigenvalue weighted by Gasteiger charge is -2.17. The Morgan fingerprint density at radius 1 is 1.12 bits per heavy atom. The van der Waals surface area contributed by atoms with Crippen LogP contribution in [0.5, 0.6) is 0 Å². The first kappa shape index (κ1) is 21.6. The second-order valence-electron chi connectivity index (χ2n) is 7.35. The highest BCUT2D eigenvalue weighted by molar-refractivity contribution is 7.13. The van der Waals surface area contributed by atoms with Crippen molar-refractivity contribution in [3.63, 3.8) is 0 Å². The molecule has 1 aromatic carbocycles. The molecular weight excluding hydrogens is 424 g/mol. The zero-order valence-corrected chi connectivity index (χ0v) is 18.5. The molecule has 3 aromatic heterocycles. The number of para-hydroxylation sites is 1. The van der Waals surface area contributed by atoms with Gasteiger partial charge in [0.15, 0.2) is 5.76 Å². The number of nitrogens with zero attached hydrogens (tertiary/aromatic N) is 3. The normalized spacial score (nSPS) is 10.8. The van der Waals surface area contributed by atoms with Crippen molar-refractivity contribution in [2.45, 2.75) is 19.4 Å². The van der Waals surface area contributed by atoms with Crippen LogP contribution in [0.1, 0.15) is 29.0 Å². The molecule has 3 heterocycles. The highest BCUT2D eigenvalue weighted by Gasteiger charge is 2.17. The minimum Gasteiger partial charge on any atom is -0.459 e. The molecule has 0 atom stereocenters. The quantitative estimate of drug-likeness (QED) is 0.386. The summed E-state index contributed by atoms with van der Waals surface area (Å²) < 4.78 is 6.91. The Balaban J connectivity index is 1.37. The summed E-state index contributed by atoms with van der Waals surface area (Å²) in [5.74, 6) is 0.0107. The van der Waals surface area contributed by atoms with E-state index in [0.717, 1.165) is 21.8 Å². The van der Waals surface area contributed by atoms with Crippen molar-refractivity contribution in [1.29, 1.82) is 0 Å². The van der Waals surface area contributed by atoms with E-state index < -0.39 is 0 Å². The molecule has 4 aromatic rings. The molecular formula is C24H24N4O3S. The van der Waals surface area contributed by atoms with Gasteiger partial charge in [-0.05, 0) is 42.1 Å². The molecule has 32 heavy (non-hydrogen) atoms. The maximum atomic E-state index is 12.7. The third-order valence-corrected chi connectivity index (χ3v) is 5.87. The third kappa shape index (κ3) is 5.15. The van der Waals surface area contributed by atoms with Crippen LogP contribution in [-0.4, -0.2) is 40.1 Å². The van der Waals surface area contributed by atoms with Gasteiger partial charge in [0.2, 0.25) is 5.91 Å². The molecule has 164 valence electrons. The zero-order valence-electron chi connectivity index (χ0n) is 17.7. The number of hydrogen-bond acceptors (Lipinski definition) is 5. The summed E-state index contributed by atoms with van der Waals surface area (Å²) in [6.45, 7) is 0.864. The molecule has 1 N–H and O–H groups in total. The van der Waals surface area contributed by atoms with Gasteiger partial charge in [0.25, 0.3) is 5.91 Å². The van der Waals surface area contributed by atoms with Crippen molar-refractivity contribution in [3.8, 4) is 16.3 Å². The molecule has 0 aliphatic heterocycles. The van der Waals surface area contributed by atoms with Crippen molar-refractivity contribution >= 4 is 23.2 Å². The lowest BCUT2D eigenvalue weighted by molar-refractivity contribution is -0.130. The molecule has 0 bridgehead atoms. The van der Waals surface area contributed by atoms with Crippen LogP contribution < -0.4 is 5.32 Å². The number of carbonyl (C=O) groups excluding carboxylic acids is 2. The van der Waals surface area contributed by atoms with E-state index in [1.807, 2.05) is 58.7 Å². The Bertz CT molecular complexity index is 1150. The van der Waals surface area contributed by atoms with Crippen LogP contribution in [0.15, 0.2) is 76.9 Å². The van der Waals surface area contributed by atoms with Crippen LogP contribution in [0.3, 0.4) is 0 Å². The zero-order chi connectivity index (χ0) is 22.3. The fourth-order valence-electron chi connectivity index (χ4n) is 3.33. The Kier molecular flexibility index (Phi) is 6.81. The van der Waals surface area contributed by atoms with Crippen molar-refractivity contribution in [3.05, 3.63) is 83.8 Å². The SMILES string of the molecule is CN(Cc1cn(-c2ccccc2)nc1-c1cccs1)C(=O)CCCNC(=O)c1ccco1. The van der Waals surface area contributed by atoms with Gasteiger partial charge in [0.05, 0.1) is 16.8 Å². The van der Waals surface area contributed by atoms with Crippen LogP contribution >= 0.6 is 11.3 Å². The Labute approximate surface area is 190 Å². The van der Waals surface area contributed by atoms with Crippen molar-refractivity contribution < 1.29 is 14.0 Å². The fourth-order valence-corrected chi connectivity index (χ4v) is 4.07. The maximum absolute atomic E-state index is 12.7. The predicted octanol–water partition coefficient (Wildman–Crippen LogP) is 4.36. The highest BCUT2D eigenvalue weighted by atomic mass is 32.1. The molecule has 8 heteroatoms. The number of rotatable bonds is 9. The molecule has 0 fully saturated rings. The predicted molar refractivity (Wildman–Crippen MR) is 124 cm³/mol. The first-order valence-electron chi connectivity index (χ1n) is 10.4. The Morgan fingerprint density at radius 2 is 1.97 bits per heavy atom. The van der Waals surface area contributed by atoms with E-state index in [-0.39, 0.29) is 17.6 Å². The summed E-state index contributed by atoms with van der Waals surface area (Å²) in [6, 6.07) is 17.2. The van der Waals surface area contributed by atoms with E-state index in [4.69, 9.17) is 9.52 Å². The average Bonchev–Trinajstić information content (AvgIpc) is 3.58. The van der Waals surface area contributed by atoms with Crippen LogP contribution in [0, 0.1) is 0 Å². The van der Waals surface area contributed by atoms with Gasteiger partial charge >= 0.3 is 0 Å². The number of carbonyl (C=O) groups is 2. The summed E-state index contributed by atoms with van der Waals surface area (Å²) in [4.78, 5) is 27.3. The maximum Gasteiger partial charge on any atom is 0.286 e. The number of thiophene rings is 1. The number of furan rings is 1. The van der Waals surface area contributed by atoms with E-state index in [1.54, 1.807) is 35.4 Å². The summed E-state index contributed by atoms with van der Waals surface area (Å²) in [5.41, 5.74) is 2.84. The topological polar surface area (TPSA) is 80.4 Å². The Morgan fingerprint density at radius 3 is 2.69 bits per heavy atom. The van der Waals surface area contributed by atoms with Gasteiger partial charge in [0, 0.05) is 38.3 Å². The second kappa shape index (κ2) is 10.1. The van der Waals surface area contributed by atoms with Gasteiger partial charge in [-0.3, -0.25) is 9.59 Å². The molecule has 0 saturated heterocycles. The van der Waals surface area contributed by atoms with Crippen LogP contribution in [-0.2, 0) is 11.3 Å². The number of aromatic nitrogens is 2. The van der Waals surface area contributed by atoms with Gasteiger partial charge in [0.1, 0.15) is 5.69 Å². The molecule has 0 aliphatic rings. The fraction of sp³-hybridized carbons (Fsp3) is 0.208. The molecule has 0 aliphatic carbocycles. The van der Waals surface area contributed by atoms with Gasteiger partial charge in [-0.15, -0.1) is 11.3 Å². The minimum atomic E-state index is -0.273. The van der Waals surface area contributed by atoms with Crippen LogP contribution in [0.4, 0.5) is 0 Å². The molecule has 7 nitrogen and oxygen atoms in total. The number of hydrogen-bond donors (Lipinski definition) is 1. The van der Waals surface area contributed by atoms with E-state index in [2.05, 4.69) is 5.32 Å². The van der Waals surface area contributed by atoms with E-state index >= 15 is 0 Å². The van der Waals surface area contributed by atoms with Crippen molar-refractivity contribution in [2.24, 2.45) is 0 Å². The lowest BCUT2D eigenvalue weighted by Crippen LogP contribution is -2.28. The number of benzene rings is 1.